The van der Waals surface area contributed by atoms with Crippen LogP contribution < -0.4 is 16.4 Å². The molecule has 0 aliphatic heterocycles. The third-order valence-electron chi connectivity index (χ3n) is 1.94. The van der Waals surface area contributed by atoms with Crippen molar-refractivity contribution in [1.29, 1.82) is 0 Å². The Kier molecular flexibility index (Phi) is 4.08. The van der Waals surface area contributed by atoms with Gasteiger partial charge in [-0.25, -0.2) is 4.79 Å². The highest BCUT2D eigenvalue weighted by atomic mass is 16.3. The summed E-state index contributed by atoms with van der Waals surface area (Å²) in [5.74, 6) is 0. The highest BCUT2D eigenvalue weighted by Gasteiger charge is 2.06. The molecule has 1 unspecified atom stereocenters. The zero-order valence-corrected chi connectivity index (χ0v) is 8.53. The number of likely N-dealkylation sites (N-methyl/N-ethyl adjacent to an activating group) is 1. The molecule has 0 aliphatic rings. The zero-order chi connectivity index (χ0) is 11.3. The Hall–Kier alpha value is -1.59. The van der Waals surface area contributed by atoms with E-state index in [0.717, 1.165) is 5.56 Å². The van der Waals surface area contributed by atoms with Crippen molar-refractivity contribution in [3.05, 3.63) is 29.8 Å². The maximum absolute atomic E-state index is 10.6. The SMILES string of the molecule is CNCC(O)c1cccc(NC(N)=O)c1. The largest absolute Gasteiger partial charge is 0.387 e. The van der Waals surface area contributed by atoms with Crippen molar-refractivity contribution in [1.82, 2.24) is 5.32 Å². The van der Waals surface area contributed by atoms with Gasteiger partial charge in [0.15, 0.2) is 0 Å². The molecule has 5 N–H and O–H groups in total. The quantitative estimate of drug-likeness (QED) is 0.580. The number of aliphatic hydroxyl groups excluding tert-OH is 1. The molecule has 0 radical (unpaired) electrons. The number of rotatable bonds is 4. The van der Waals surface area contributed by atoms with E-state index in [-0.39, 0.29) is 0 Å². The van der Waals surface area contributed by atoms with Gasteiger partial charge in [-0.05, 0) is 24.7 Å². The van der Waals surface area contributed by atoms with Gasteiger partial charge in [0.1, 0.15) is 0 Å². The van der Waals surface area contributed by atoms with Crippen molar-refractivity contribution in [2.24, 2.45) is 5.73 Å². The van der Waals surface area contributed by atoms with Gasteiger partial charge >= 0.3 is 6.03 Å². The third kappa shape index (κ3) is 3.57. The molecule has 82 valence electrons. The van der Waals surface area contributed by atoms with Gasteiger partial charge in [0.25, 0.3) is 0 Å². The number of aliphatic hydroxyl groups is 1. The molecule has 2 amide bonds. The van der Waals surface area contributed by atoms with Gasteiger partial charge in [0.2, 0.25) is 0 Å². The predicted octanol–water partition coefficient (Wildman–Crippen LogP) is 0.430. The summed E-state index contributed by atoms with van der Waals surface area (Å²) in [6.45, 7) is 0.458. The summed E-state index contributed by atoms with van der Waals surface area (Å²) in [7, 11) is 1.76. The number of benzene rings is 1. The number of nitrogens with one attached hydrogen (secondary N) is 2. The van der Waals surface area contributed by atoms with Crippen LogP contribution in [0.15, 0.2) is 24.3 Å². The first-order chi connectivity index (χ1) is 7.13. The van der Waals surface area contributed by atoms with Crippen LogP contribution in [-0.4, -0.2) is 24.7 Å². The van der Waals surface area contributed by atoms with E-state index in [1.54, 1.807) is 31.3 Å². The summed E-state index contributed by atoms with van der Waals surface area (Å²) in [4.78, 5) is 10.6. The molecule has 0 aromatic heterocycles. The molecule has 1 rings (SSSR count). The van der Waals surface area contributed by atoms with Gasteiger partial charge in [-0.2, -0.15) is 0 Å². The molecule has 0 spiro atoms. The van der Waals surface area contributed by atoms with Gasteiger partial charge < -0.3 is 21.5 Å². The second-order valence-electron chi connectivity index (χ2n) is 3.19. The van der Waals surface area contributed by atoms with Crippen LogP contribution in [0, 0.1) is 0 Å². The number of anilines is 1. The Morgan fingerprint density at radius 1 is 1.60 bits per heavy atom. The average Bonchev–Trinajstić information content (AvgIpc) is 2.17. The number of primary amides is 1. The summed E-state index contributed by atoms with van der Waals surface area (Å²) >= 11 is 0. The molecular formula is C10H15N3O2. The average molecular weight is 209 g/mol. The van der Waals surface area contributed by atoms with Crippen LogP contribution in [0.1, 0.15) is 11.7 Å². The number of amides is 2. The topological polar surface area (TPSA) is 87.4 Å². The van der Waals surface area contributed by atoms with Crippen molar-refractivity contribution < 1.29 is 9.90 Å². The van der Waals surface area contributed by atoms with Crippen LogP contribution in [0.3, 0.4) is 0 Å². The minimum Gasteiger partial charge on any atom is -0.387 e. The first-order valence-electron chi connectivity index (χ1n) is 4.62. The Morgan fingerprint density at radius 2 is 2.33 bits per heavy atom. The fraction of sp³-hybridized carbons (Fsp3) is 0.300. The maximum Gasteiger partial charge on any atom is 0.316 e. The van der Waals surface area contributed by atoms with Crippen LogP contribution in [-0.2, 0) is 0 Å². The highest BCUT2D eigenvalue weighted by molar-refractivity contribution is 5.87. The molecule has 0 saturated heterocycles. The molecule has 0 fully saturated rings. The Balaban J connectivity index is 2.77. The maximum atomic E-state index is 10.6. The summed E-state index contributed by atoms with van der Waals surface area (Å²) in [6, 6.07) is 6.32. The molecule has 1 atom stereocenters. The van der Waals surface area contributed by atoms with Crippen molar-refractivity contribution in [3.63, 3.8) is 0 Å². The first-order valence-corrected chi connectivity index (χ1v) is 4.62. The summed E-state index contributed by atoms with van der Waals surface area (Å²) < 4.78 is 0. The molecule has 0 heterocycles. The van der Waals surface area contributed by atoms with Gasteiger partial charge in [-0.15, -0.1) is 0 Å². The zero-order valence-electron chi connectivity index (χ0n) is 8.53. The van der Waals surface area contributed by atoms with Crippen LogP contribution >= 0.6 is 0 Å². The molecular weight excluding hydrogens is 194 g/mol. The number of nitrogens with two attached hydrogens (primary N) is 1. The van der Waals surface area contributed by atoms with E-state index in [1.165, 1.54) is 0 Å². The first kappa shape index (κ1) is 11.5. The molecule has 0 bridgehead atoms. The molecule has 5 heteroatoms. The van der Waals surface area contributed by atoms with Crippen LogP contribution in [0.5, 0.6) is 0 Å². The Bertz CT molecular complexity index is 341. The van der Waals surface area contributed by atoms with Crippen molar-refractivity contribution in [3.8, 4) is 0 Å². The van der Waals surface area contributed by atoms with E-state index in [2.05, 4.69) is 10.6 Å². The lowest BCUT2D eigenvalue weighted by Crippen LogP contribution is -2.20. The van der Waals surface area contributed by atoms with E-state index in [4.69, 9.17) is 5.73 Å². The van der Waals surface area contributed by atoms with Crippen LogP contribution in [0.4, 0.5) is 10.5 Å². The summed E-state index contributed by atoms with van der Waals surface area (Å²) in [6.07, 6.45) is -0.593. The Morgan fingerprint density at radius 3 is 2.93 bits per heavy atom. The molecule has 0 aliphatic carbocycles. The molecule has 1 aromatic rings. The number of hydrogen-bond donors (Lipinski definition) is 4. The minimum atomic E-state index is -0.616. The van der Waals surface area contributed by atoms with Crippen molar-refractivity contribution >= 4 is 11.7 Å². The van der Waals surface area contributed by atoms with E-state index in [1.807, 2.05) is 0 Å². The minimum absolute atomic E-state index is 0.458. The number of carbonyl (C=O) groups excluding carboxylic acids is 1. The fourth-order valence-electron chi connectivity index (χ4n) is 1.28. The standard InChI is InChI=1S/C10H15N3O2/c1-12-6-9(14)7-3-2-4-8(5-7)13-10(11)15/h2-5,9,12,14H,6H2,1H3,(H3,11,13,15). The fourth-order valence-corrected chi connectivity index (χ4v) is 1.28. The Labute approximate surface area is 88.3 Å². The molecule has 5 nitrogen and oxygen atoms in total. The van der Waals surface area contributed by atoms with Crippen LogP contribution in [0.2, 0.25) is 0 Å². The van der Waals surface area contributed by atoms with Gasteiger partial charge in [0, 0.05) is 12.2 Å². The second kappa shape index (κ2) is 5.33. The van der Waals surface area contributed by atoms with Gasteiger partial charge in [-0.3, -0.25) is 0 Å². The lowest BCUT2D eigenvalue weighted by atomic mass is 10.1. The van der Waals surface area contributed by atoms with Crippen molar-refractivity contribution in [2.75, 3.05) is 18.9 Å². The predicted molar refractivity (Wildman–Crippen MR) is 58.5 cm³/mol. The van der Waals surface area contributed by atoms with Gasteiger partial charge in [-0.1, -0.05) is 12.1 Å². The lowest BCUT2D eigenvalue weighted by Gasteiger charge is -2.11. The third-order valence-corrected chi connectivity index (χ3v) is 1.94. The van der Waals surface area contributed by atoms with E-state index >= 15 is 0 Å². The summed E-state index contributed by atoms with van der Waals surface area (Å²) in [5, 5.41) is 15.0. The van der Waals surface area contributed by atoms with Crippen LogP contribution in [0.25, 0.3) is 0 Å². The summed E-state index contributed by atoms with van der Waals surface area (Å²) in [5.41, 5.74) is 6.30. The molecule has 0 saturated carbocycles. The van der Waals surface area contributed by atoms with Crippen molar-refractivity contribution in [2.45, 2.75) is 6.10 Å². The van der Waals surface area contributed by atoms with Gasteiger partial charge in [0.05, 0.1) is 6.10 Å². The smallest absolute Gasteiger partial charge is 0.316 e. The number of carbonyl (C=O) groups is 1. The lowest BCUT2D eigenvalue weighted by molar-refractivity contribution is 0.178. The van der Waals surface area contributed by atoms with E-state index in [9.17, 15) is 9.90 Å². The number of hydrogen-bond acceptors (Lipinski definition) is 3. The van der Waals surface area contributed by atoms with E-state index in [0.29, 0.717) is 12.2 Å². The molecule has 15 heavy (non-hydrogen) atoms. The normalized spacial score (nSPS) is 12.1. The molecule has 1 aromatic carbocycles. The second-order valence-corrected chi connectivity index (χ2v) is 3.19. The van der Waals surface area contributed by atoms with E-state index < -0.39 is 12.1 Å². The number of urea groups is 1. The monoisotopic (exact) mass is 209 g/mol. The highest BCUT2D eigenvalue weighted by Crippen LogP contribution is 2.16.